The molecular formula is C21H28N4O4S2. The van der Waals surface area contributed by atoms with Crippen LogP contribution in [-0.4, -0.2) is 53.4 Å². The fourth-order valence-corrected chi connectivity index (χ4v) is 4.44. The van der Waals surface area contributed by atoms with Gasteiger partial charge in [-0.25, -0.2) is 4.98 Å². The third kappa shape index (κ3) is 7.20. The molecule has 1 unspecified atom stereocenters. The Hall–Kier alpha value is -2.14. The van der Waals surface area contributed by atoms with Crippen LogP contribution in [0.15, 0.2) is 40.5 Å². The molecule has 3 rings (SSSR count). The molecule has 0 radical (unpaired) electrons. The smallest absolute Gasteiger partial charge is 0.280 e. The number of hydrogen-bond acceptors (Lipinski definition) is 8. The van der Waals surface area contributed by atoms with E-state index in [1.165, 1.54) is 11.3 Å². The first-order chi connectivity index (χ1) is 15.1. The maximum Gasteiger partial charge on any atom is 0.280 e. The van der Waals surface area contributed by atoms with Crippen LogP contribution in [0, 0.1) is 0 Å². The van der Waals surface area contributed by atoms with E-state index in [1.807, 2.05) is 0 Å². The van der Waals surface area contributed by atoms with Crippen LogP contribution in [0.3, 0.4) is 0 Å². The number of oxime groups is 1. The highest BCUT2D eigenvalue weighted by molar-refractivity contribution is 7.84. The van der Waals surface area contributed by atoms with E-state index >= 15 is 0 Å². The number of aromatic nitrogens is 1. The van der Waals surface area contributed by atoms with Crippen LogP contribution in [0.25, 0.3) is 0 Å². The summed E-state index contributed by atoms with van der Waals surface area (Å²) in [6, 6.07) is 6.94. The van der Waals surface area contributed by atoms with Crippen LogP contribution in [0.4, 0.5) is 5.13 Å². The molecule has 2 N–H and O–H groups in total. The van der Waals surface area contributed by atoms with Crippen LogP contribution in [0.2, 0.25) is 0 Å². The number of rotatable bonds is 11. The molecule has 168 valence electrons. The normalized spacial score (nSPS) is 15.7. The summed E-state index contributed by atoms with van der Waals surface area (Å²) in [6.45, 7) is 2.02. The molecule has 0 aliphatic heterocycles. The van der Waals surface area contributed by atoms with Gasteiger partial charge in [0.25, 0.3) is 5.91 Å². The minimum Gasteiger partial charge on any atom is -0.392 e. The van der Waals surface area contributed by atoms with Crippen molar-refractivity contribution in [2.75, 3.05) is 31.8 Å². The van der Waals surface area contributed by atoms with Crippen molar-refractivity contribution >= 4 is 38.9 Å². The van der Waals surface area contributed by atoms with Crippen molar-refractivity contribution in [2.24, 2.45) is 5.16 Å². The van der Waals surface area contributed by atoms with E-state index in [4.69, 9.17) is 9.57 Å². The van der Waals surface area contributed by atoms with Crippen molar-refractivity contribution in [1.29, 1.82) is 0 Å². The van der Waals surface area contributed by atoms with Gasteiger partial charge < -0.3 is 14.9 Å². The summed E-state index contributed by atoms with van der Waals surface area (Å²) in [6.07, 6.45) is 7.49. The first-order valence-corrected chi connectivity index (χ1v) is 12.6. The lowest BCUT2D eigenvalue weighted by molar-refractivity contribution is -0.110. The number of benzene rings is 1. The molecular weight excluding hydrogens is 436 g/mol. The van der Waals surface area contributed by atoms with Gasteiger partial charge in [-0.3, -0.25) is 14.3 Å². The maximum absolute atomic E-state index is 13.0. The number of nitrogens with zero attached hydrogens (tertiary/aromatic N) is 2. The molecule has 1 amide bonds. The highest BCUT2D eigenvalue weighted by Crippen LogP contribution is 2.22. The van der Waals surface area contributed by atoms with Crippen molar-refractivity contribution in [3.63, 3.8) is 0 Å². The fraction of sp³-hybridized carbons (Fsp3) is 0.476. The Kier molecular flexibility index (Phi) is 9.13. The molecule has 0 spiro atoms. The lowest BCUT2D eigenvalue weighted by Gasteiger charge is -2.10. The molecule has 0 saturated heterocycles. The van der Waals surface area contributed by atoms with Crippen LogP contribution in [0.1, 0.15) is 36.1 Å². The Labute approximate surface area is 188 Å². The van der Waals surface area contributed by atoms with Gasteiger partial charge in [0.2, 0.25) is 0 Å². The number of ether oxygens (including phenoxy) is 1. The number of thiazole rings is 1. The van der Waals surface area contributed by atoms with E-state index in [0.29, 0.717) is 28.7 Å². The van der Waals surface area contributed by atoms with Gasteiger partial charge in [0.05, 0.1) is 6.61 Å². The standard InChI is InChI=1S/C21H28N4O4S2/c1-28-12-11-22-13-17-14-23-21(30-17)24-20(26)19(25-29-16-5-3-4-6-16)15-7-9-18(10-8-15)31(2)27/h7-10,14,16,22H,3-6,11-13H2,1-2H3,(H,23,24,26). The number of nitrogens with one attached hydrogen (secondary N) is 2. The van der Waals surface area contributed by atoms with Crippen molar-refractivity contribution in [3.05, 3.63) is 40.9 Å². The summed E-state index contributed by atoms with van der Waals surface area (Å²) in [7, 11) is 0.566. The molecule has 31 heavy (non-hydrogen) atoms. The molecule has 1 aliphatic rings. The van der Waals surface area contributed by atoms with E-state index in [0.717, 1.165) is 37.1 Å². The van der Waals surface area contributed by atoms with Crippen molar-refractivity contribution in [2.45, 2.75) is 43.2 Å². The molecule has 1 fully saturated rings. The van der Waals surface area contributed by atoms with Crippen molar-refractivity contribution in [1.82, 2.24) is 10.3 Å². The van der Waals surface area contributed by atoms with Gasteiger partial charge in [-0.05, 0) is 37.8 Å². The molecule has 0 bridgehead atoms. The van der Waals surface area contributed by atoms with Crippen LogP contribution in [-0.2, 0) is 31.7 Å². The Morgan fingerprint density at radius 2 is 2.03 bits per heavy atom. The van der Waals surface area contributed by atoms with Crippen LogP contribution in [0.5, 0.6) is 0 Å². The van der Waals surface area contributed by atoms with Gasteiger partial charge >= 0.3 is 0 Å². The minimum atomic E-state index is -1.09. The van der Waals surface area contributed by atoms with E-state index in [1.54, 1.807) is 43.8 Å². The Morgan fingerprint density at radius 3 is 2.71 bits per heavy atom. The lowest BCUT2D eigenvalue weighted by atomic mass is 10.1. The summed E-state index contributed by atoms with van der Waals surface area (Å²) in [5, 5.41) is 10.8. The quantitative estimate of drug-likeness (QED) is 0.301. The molecule has 8 nitrogen and oxygen atoms in total. The maximum atomic E-state index is 13.0. The number of carbonyl (C=O) groups is 1. The topological polar surface area (TPSA) is 102 Å². The number of amides is 1. The third-order valence-corrected chi connectivity index (χ3v) is 6.68. The van der Waals surface area contributed by atoms with Gasteiger partial charge in [-0.2, -0.15) is 0 Å². The van der Waals surface area contributed by atoms with Gasteiger partial charge in [-0.15, -0.1) is 11.3 Å². The predicted octanol–water partition coefficient (Wildman–Crippen LogP) is 2.92. The number of anilines is 1. The zero-order chi connectivity index (χ0) is 22.1. The minimum absolute atomic E-state index is 0.0369. The second-order valence-corrected chi connectivity index (χ2v) is 9.68. The molecule has 1 aromatic carbocycles. The third-order valence-electron chi connectivity index (χ3n) is 4.83. The molecule has 1 aromatic heterocycles. The van der Waals surface area contributed by atoms with Crippen molar-refractivity contribution in [3.8, 4) is 0 Å². The SMILES string of the molecule is COCCNCc1cnc(NC(=O)C(=NOC2CCCC2)c2ccc(S(C)=O)cc2)s1. The van der Waals surface area contributed by atoms with E-state index < -0.39 is 16.7 Å². The van der Waals surface area contributed by atoms with Gasteiger partial charge in [0.1, 0.15) is 6.10 Å². The van der Waals surface area contributed by atoms with E-state index in [9.17, 15) is 9.00 Å². The molecule has 1 atom stereocenters. The molecule has 1 aliphatic carbocycles. The molecule has 10 heteroatoms. The number of hydrogen-bond donors (Lipinski definition) is 2. The Bertz CT molecular complexity index is 908. The second kappa shape index (κ2) is 12.0. The zero-order valence-corrected chi connectivity index (χ0v) is 19.4. The molecule has 1 heterocycles. The van der Waals surface area contributed by atoms with Gasteiger partial charge in [-0.1, -0.05) is 17.3 Å². The molecule has 2 aromatic rings. The van der Waals surface area contributed by atoms with Crippen LogP contribution >= 0.6 is 11.3 Å². The summed E-state index contributed by atoms with van der Waals surface area (Å²) >= 11 is 1.40. The predicted molar refractivity (Wildman–Crippen MR) is 123 cm³/mol. The second-order valence-electron chi connectivity index (χ2n) is 7.19. The van der Waals surface area contributed by atoms with E-state index in [2.05, 4.69) is 20.8 Å². The summed E-state index contributed by atoms with van der Waals surface area (Å²) in [4.78, 5) is 24.6. The van der Waals surface area contributed by atoms with E-state index in [-0.39, 0.29) is 11.8 Å². The summed E-state index contributed by atoms with van der Waals surface area (Å²) in [5.74, 6) is -0.392. The Morgan fingerprint density at radius 1 is 1.29 bits per heavy atom. The lowest BCUT2D eigenvalue weighted by Crippen LogP contribution is -2.25. The fourth-order valence-electron chi connectivity index (χ4n) is 3.14. The number of carbonyl (C=O) groups excluding carboxylic acids is 1. The van der Waals surface area contributed by atoms with Gasteiger partial charge in [0.15, 0.2) is 10.8 Å². The first kappa shape index (κ1) is 23.5. The average Bonchev–Trinajstić information content (AvgIpc) is 3.44. The largest absolute Gasteiger partial charge is 0.392 e. The van der Waals surface area contributed by atoms with Crippen LogP contribution < -0.4 is 10.6 Å². The van der Waals surface area contributed by atoms with Crippen molar-refractivity contribution < 1.29 is 18.6 Å². The monoisotopic (exact) mass is 464 g/mol. The summed E-state index contributed by atoms with van der Waals surface area (Å²) < 4.78 is 16.7. The highest BCUT2D eigenvalue weighted by atomic mass is 32.2. The summed E-state index contributed by atoms with van der Waals surface area (Å²) in [5.41, 5.74) is 0.776. The first-order valence-electron chi connectivity index (χ1n) is 10.2. The zero-order valence-electron chi connectivity index (χ0n) is 17.8. The Balaban J connectivity index is 1.70. The number of methoxy groups -OCH3 is 1. The highest BCUT2D eigenvalue weighted by Gasteiger charge is 2.21. The average molecular weight is 465 g/mol. The van der Waals surface area contributed by atoms with Gasteiger partial charge in [0, 0.05) is 58.8 Å². The molecule has 1 saturated carbocycles.